The molecule has 0 spiro atoms. The van der Waals surface area contributed by atoms with Gasteiger partial charge in [-0.25, -0.2) is 9.42 Å². The van der Waals surface area contributed by atoms with Crippen LogP contribution in [0.15, 0.2) is 35.1 Å². The van der Waals surface area contributed by atoms with Crippen molar-refractivity contribution in [3.63, 3.8) is 0 Å². The van der Waals surface area contributed by atoms with E-state index in [1.54, 1.807) is 0 Å². The molecule has 1 fully saturated rings. The number of rotatable bonds is 5. The van der Waals surface area contributed by atoms with Crippen LogP contribution in [0.3, 0.4) is 0 Å². The molecule has 1 saturated heterocycles. The monoisotopic (exact) mass is 310 g/mol. The highest BCUT2D eigenvalue weighted by molar-refractivity contribution is 7.54. The number of nitrogens with zero attached hydrogens (tertiary/aromatic N) is 2. The first-order chi connectivity index (χ1) is 9.94. The third-order valence-electron chi connectivity index (χ3n) is 3.42. The fourth-order valence-electron chi connectivity index (χ4n) is 2.70. The van der Waals surface area contributed by atoms with Gasteiger partial charge in [-0.15, -0.1) is 0 Å². The van der Waals surface area contributed by atoms with Crippen LogP contribution in [0.1, 0.15) is 40.2 Å². The van der Waals surface area contributed by atoms with E-state index in [0.29, 0.717) is 25.2 Å². The van der Waals surface area contributed by atoms with E-state index in [1.165, 1.54) is 5.56 Å². The minimum atomic E-state index is -2.33. The van der Waals surface area contributed by atoms with Gasteiger partial charge in [0.2, 0.25) is 0 Å². The molecule has 1 aromatic rings. The molecule has 0 radical (unpaired) electrons. The first-order valence-corrected chi connectivity index (χ1v) is 9.21. The van der Waals surface area contributed by atoms with Crippen molar-refractivity contribution in [1.29, 1.82) is 0 Å². The van der Waals surface area contributed by atoms with Crippen molar-refractivity contribution in [3.05, 3.63) is 35.9 Å². The normalized spacial score (nSPS) is 26.0. The summed E-state index contributed by atoms with van der Waals surface area (Å²) < 4.78 is 19.5. The van der Waals surface area contributed by atoms with Gasteiger partial charge in [0.25, 0.3) is 7.66 Å². The molecule has 2 atom stereocenters. The lowest BCUT2D eigenvalue weighted by Gasteiger charge is -2.37. The van der Waals surface area contributed by atoms with E-state index >= 15 is 0 Å². The largest absolute Gasteiger partial charge is 0.309 e. The first kappa shape index (κ1) is 16.7. The van der Waals surface area contributed by atoms with E-state index in [-0.39, 0.29) is 6.10 Å². The van der Waals surface area contributed by atoms with Gasteiger partial charge in [-0.1, -0.05) is 30.3 Å². The van der Waals surface area contributed by atoms with Crippen molar-refractivity contribution in [3.8, 4) is 0 Å². The first-order valence-electron chi connectivity index (χ1n) is 7.68. The standard InChI is InChI=1S/C16H27N2O2P/c1-13(2)18(14(3)4)21(19-12-15(5)20-21)17-11-16-9-7-6-8-10-16/h6-10,13-15H,11-12H2,1-5H3. The zero-order chi connectivity index (χ0) is 15.5. The molecule has 4 nitrogen and oxygen atoms in total. The van der Waals surface area contributed by atoms with Crippen molar-refractivity contribution < 1.29 is 9.05 Å². The molecular formula is C16H27N2O2P. The molecule has 1 aliphatic heterocycles. The second-order valence-electron chi connectivity index (χ2n) is 6.06. The molecule has 2 unspecified atom stereocenters. The molecule has 0 aromatic heterocycles. The van der Waals surface area contributed by atoms with Crippen LogP contribution in [-0.4, -0.2) is 29.5 Å². The van der Waals surface area contributed by atoms with Gasteiger partial charge in [0.1, 0.15) is 0 Å². The van der Waals surface area contributed by atoms with E-state index in [1.807, 2.05) is 18.2 Å². The summed E-state index contributed by atoms with van der Waals surface area (Å²) in [5.41, 5.74) is 1.19. The minimum absolute atomic E-state index is 0.109. The predicted molar refractivity (Wildman–Crippen MR) is 88.1 cm³/mol. The van der Waals surface area contributed by atoms with E-state index in [0.717, 1.165) is 0 Å². The number of hydrogen-bond acceptors (Lipinski definition) is 3. The fourth-order valence-corrected chi connectivity index (χ4v) is 5.74. The Morgan fingerprint density at radius 2 is 1.81 bits per heavy atom. The van der Waals surface area contributed by atoms with Crippen molar-refractivity contribution >= 4 is 7.66 Å². The summed E-state index contributed by atoms with van der Waals surface area (Å²) >= 11 is 0. The van der Waals surface area contributed by atoms with Crippen molar-refractivity contribution in [2.75, 3.05) is 6.61 Å². The SMILES string of the molecule is CC1COP(=NCc2ccccc2)(N(C(C)C)C(C)C)O1. The zero-order valence-corrected chi connectivity index (χ0v) is 14.6. The summed E-state index contributed by atoms with van der Waals surface area (Å²) in [7, 11) is -2.33. The average molecular weight is 310 g/mol. The van der Waals surface area contributed by atoms with Crippen LogP contribution in [0, 0.1) is 0 Å². The van der Waals surface area contributed by atoms with Crippen LogP contribution >= 0.6 is 7.66 Å². The van der Waals surface area contributed by atoms with Gasteiger partial charge in [-0.05, 0) is 40.2 Å². The summed E-state index contributed by atoms with van der Waals surface area (Å²) in [5.74, 6) is 0. The Hall–Kier alpha value is -0.670. The van der Waals surface area contributed by atoms with Gasteiger partial charge < -0.3 is 9.05 Å². The van der Waals surface area contributed by atoms with Crippen molar-refractivity contribution in [1.82, 2.24) is 4.67 Å². The van der Waals surface area contributed by atoms with Gasteiger partial charge in [0.15, 0.2) is 0 Å². The fraction of sp³-hybridized carbons (Fsp3) is 0.625. The molecule has 0 aliphatic carbocycles. The summed E-state index contributed by atoms with van der Waals surface area (Å²) in [5, 5.41) is 0. The molecule has 118 valence electrons. The Labute approximate surface area is 128 Å². The maximum Gasteiger partial charge on any atom is 0.291 e. The van der Waals surface area contributed by atoms with E-state index in [4.69, 9.17) is 13.8 Å². The summed E-state index contributed by atoms with van der Waals surface area (Å²) in [6.45, 7) is 12.0. The molecule has 1 aromatic carbocycles. The van der Waals surface area contributed by atoms with Crippen molar-refractivity contribution in [2.24, 2.45) is 4.74 Å². The molecule has 0 N–H and O–H groups in total. The molecule has 21 heavy (non-hydrogen) atoms. The molecule has 2 rings (SSSR count). The van der Waals surface area contributed by atoms with Gasteiger partial charge in [-0.2, -0.15) is 0 Å². The third kappa shape index (κ3) is 3.95. The van der Waals surface area contributed by atoms with E-state index in [2.05, 4.69) is 51.4 Å². The van der Waals surface area contributed by atoms with Crippen LogP contribution < -0.4 is 0 Å². The summed E-state index contributed by atoms with van der Waals surface area (Å²) in [4.78, 5) is 0. The van der Waals surface area contributed by atoms with Crippen LogP contribution in [-0.2, 0) is 15.6 Å². The van der Waals surface area contributed by atoms with Crippen LogP contribution in [0.25, 0.3) is 0 Å². The molecule has 0 saturated carbocycles. The minimum Gasteiger partial charge on any atom is -0.309 e. The van der Waals surface area contributed by atoms with Gasteiger partial charge in [-0.3, -0.25) is 0 Å². The van der Waals surface area contributed by atoms with Gasteiger partial charge >= 0.3 is 0 Å². The highest BCUT2D eigenvalue weighted by atomic mass is 31.2. The topological polar surface area (TPSA) is 34.1 Å². The summed E-state index contributed by atoms with van der Waals surface area (Å²) in [6.07, 6.45) is 0.109. The Balaban J connectivity index is 2.33. The Morgan fingerprint density at radius 3 is 2.29 bits per heavy atom. The third-order valence-corrected chi connectivity index (χ3v) is 6.55. The Kier molecular flexibility index (Phi) is 5.61. The smallest absolute Gasteiger partial charge is 0.291 e. The number of benzene rings is 1. The zero-order valence-electron chi connectivity index (χ0n) is 13.7. The molecule has 1 aliphatic rings. The Morgan fingerprint density at radius 1 is 1.19 bits per heavy atom. The van der Waals surface area contributed by atoms with Gasteiger partial charge in [0.05, 0.1) is 19.3 Å². The molecule has 0 bridgehead atoms. The van der Waals surface area contributed by atoms with Crippen LogP contribution in [0.5, 0.6) is 0 Å². The van der Waals surface area contributed by atoms with E-state index in [9.17, 15) is 0 Å². The predicted octanol–water partition coefficient (Wildman–Crippen LogP) is 4.69. The lowest BCUT2D eigenvalue weighted by atomic mass is 10.2. The average Bonchev–Trinajstić information content (AvgIpc) is 2.79. The second kappa shape index (κ2) is 7.06. The molecule has 1 heterocycles. The van der Waals surface area contributed by atoms with Crippen LogP contribution in [0.2, 0.25) is 0 Å². The lowest BCUT2D eigenvalue weighted by molar-refractivity contribution is 0.224. The summed E-state index contributed by atoms with van der Waals surface area (Å²) in [6, 6.07) is 11.0. The lowest BCUT2D eigenvalue weighted by Crippen LogP contribution is -2.34. The highest BCUT2D eigenvalue weighted by Crippen LogP contribution is 2.62. The van der Waals surface area contributed by atoms with Crippen molar-refractivity contribution in [2.45, 2.75) is 59.4 Å². The maximum atomic E-state index is 6.20. The maximum absolute atomic E-state index is 6.20. The van der Waals surface area contributed by atoms with Crippen LogP contribution in [0.4, 0.5) is 0 Å². The molecule has 0 amide bonds. The Bertz CT molecular complexity index is 494. The number of hydrogen-bond donors (Lipinski definition) is 0. The molecule has 5 heteroatoms. The molecular weight excluding hydrogens is 283 g/mol. The van der Waals surface area contributed by atoms with E-state index < -0.39 is 7.66 Å². The second-order valence-corrected chi connectivity index (χ2v) is 8.25. The quantitative estimate of drug-likeness (QED) is 0.740. The van der Waals surface area contributed by atoms with Gasteiger partial charge in [0, 0.05) is 12.1 Å². The highest BCUT2D eigenvalue weighted by Gasteiger charge is 2.41.